The lowest BCUT2D eigenvalue weighted by Crippen LogP contribution is -2.11. The first-order valence-corrected chi connectivity index (χ1v) is 17.8. The highest BCUT2D eigenvalue weighted by molar-refractivity contribution is 6.23. The number of nitrogens with zero attached hydrogens (tertiary/aromatic N) is 1. The summed E-state index contributed by atoms with van der Waals surface area (Å²) in [6.07, 6.45) is 0. The van der Waals surface area contributed by atoms with Gasteiger partial charge in [0.05, 0.1) is 16.8 Å². The highest BCUT2D eigenvalue weighted by atomic mass is 16.3. The van der Waals surface area contributed by atoms with E-state index in [2.05, 4.69) is 205 Å². The molecule has 0 atom stereocenters. The first-order chi connectivity index (χ1) is 25.8. The van der Waals surface area contributed by atoms with Gasteiger partial charge in [0.1, 0.15) is 11.2 Å². The Bertz CT molecular complexity index is 2910. The summed E-state index contributed by atoms with van der Waals surface area (Å²) in [5, 5.41) is 6.84. The van der Waals surface area contributed by atoms with Crippen LogP contribution in [0.3, 0.4) is 0 Å². The van der Waals surface area contributed by atoms with E-state index in [0.29, 0.717) is 0 Å². The Morgan fingerprint density at radius 2 is 0.942 bits per heavy atom. The van der Waals surface area contributed by atoms with Crippen molar-refractivity contribution in [3.05, 3.63) is 200 Å². The summed E-state index contributed by atoms with van der Waals surface area (Å²) in [6.45, 7) is 0. The van der Waals surface area contributed by atoms with Crippen LogP contribution in [0.15, 0.2) is 205 Å². The van der Waals surface area contributed by atoms with Crippen molar-refractivity contribution in [1.29, 1.82) is 0 Å². The van der Waals surface area contributed by atoms with E-state index in [1.54, 1.807) is 0 Å². The topological polar surface area (TPSA) is 16.4 Å². The van der Waals surface area contributed by atoms with E-state index in [-0.39, 0.29) is 0 Å². The molecule has 0 aliphatic carbocycles. The lowest BCUT2D eigenvalue weighted by molar-refractivity contribution is 0.672. The minimum atomic E-state index is 0.856. The molecule has 1 heterocycles. The van der Waals surface area contributed by atoms with Crippen LogP contribution in [0.4, 0.5) is 17.1 Å². The van der Waals surface area contributed by atoms with Crippen molar-refractivity contribution in [1.82, 2.24) is 0 Å². The Morgan fingerprint density at radius 3 is 1.73 bits per heavy atom. The van der Waals surface area contributed by atoms with E-state index < -0.39 is 0 Å². The molecular formula is C50H33NO. The summed E-state index contributed by atoms with van der Waals surface area (Å²) < 4.78 is 6.89. The quantitative estimate of drug-likeness (QED) is 0.176. The average Bonchev–Trinajstić information content (AvgIpc) is 3.61. The molecule has 0 aliphatic heterocycles. The Balaban J connectivity index is 1.30. The number of fused-ring (bicyclic) bond motifs is 6. The van der Waals surface area contributed by atoms with Gasteiger partial charge in [0.15, 0.2) is 0 Å². The maximum atomic E-state index is 6.89. The van der Waals surface area contributed by atoms with Crippen LogP contribution in [-0.2, 0) is 0 Å². The largest absolute Gasteiger partial charge is 0.455 e. The maximum absolute atomic E-state index is 6.89. The second-order valence-electron chi connectivity index (χ2n) is 13.3. The average molecular weight is 664 g/mol. The minimum absolute atomic E-state index is 0.856. The van der Waals surface area contributed by atoms with Gasteiger partial charge in [0.25, 0.3) is 0 Å². The van der Waals surface area contributed by atoms with Gasteiger partial charge in [-0.05, 0) is 80.4 Å². The molecule has 0 saturated heterocycles. The molecule has 0 N–H and O–H groups in total. The highest BCUT2D eigenvalue weighted by Crippen LogP contribution is 2.49. The summed E-state index contributed by atoms with van der Waals surface area (Å²) in [7, 11) is 0. The summed E-state index contributed by atoms with van der Waals surface area (Å²) in [5.41, 5.74) is 12.1. The van der Waals surface area contributed by atoms with Crippen LogP contribution in [0.1, 0.15) is 0 Å². The summed E-state index contributed by atoms with van der Waals surface area (Å²) in [5.74, 6) is 0. The Morgan fingerprint density at radius 1 is 0.346 bits per heavy atom. The van der Waals surface area contributed by atoms with Gasteiger partial charge in [0, 0.05) is 22.0 Å². The number of anilines is 3. The predicted molar refractivity (Wildman–Crippen MR) is 220 cm³/mol. The van der Waals surface area contributed by atoms with E-state index >= 15 is 0 Å². The van der Waals surface area contributed by atoms with Gasteiger partial charge in [-0.3, -0.25) is 0 Å². The molecule has 0 bridgehead atoms. The second-order valence-corrected chi connectivity index (χ2v) is 13.3. The van der Waals surface area contributed by atoms with E-state index in [1.165, 1.54) is 44.0 Å². The van der Waals surface area contributed by atoms with Crippen LogP contribution in [-0.4, -0.2) is 0 Å². The van der Waals surface area contributed by atoms with Gasteiger partial charge in [-0.15, -0.1) is 0 Å². The first kappa shape index (κ1) is 30.0. The molecule has 0 spiro atoms. The van der Waals surface area contributed by atoms with E-state index in [1.807, 2.05) is 0 Å². The number of benzene rings is 9. The third kappa shape index (κ3) is 4.96. The van der Waals surface area contributed by atoms with Gasteiger partial charge in [-0.2, -0.15) is 0 Å². The standard InChI is InChI=1S/C50H33NO/c1-3-17-35(18-4-1)39-22-9-10-24-41(39)44-33-45-49-47(28-15-29-48(49)52-50(45)43-26-12-11-25-42(43)44)51(38-31-30-34-16-7-8-21-37(34)32-38)46-27-14-13-23-40(46)36-19-5-2-6-20-36/h1-33H. The van der Waals surface area contributed by atoms with Gasteiger partial charge in [-0.1, -0.05) is 164 Å². The molecule has 0 unspecified atom stereocenters. The SMILES string of the molecule is c1ccc(-c2ccccc2-c2cc3c(oc4cccc(N(c5ccc6ccccc6c5)c5ccccc5-c5ccccc5)c43)c3ccccc23)cc1. The van der Waals surface area contributed by atoms with Gasteiger partial charge in [-0.25, -0.2) is 0 Å². The zero-order chi connectivity index (χ0) is 34.4. The predicted octanol–water partition coefficient (Wildman–Crippen LogP) is 14.4. The first-order valence-electron chi connectivity index (χ1n) is 17.8. The normalized spacial score (nSPS) is 11.5. The molecule has 244 valence electrons. The van der Waals surface area contributed by atoms with Crippen LogP contribution < -0.4 is 4.90 Å². The van der Waals surface area contributed by atoms with Crippen molar-refractivity contribution in [3.63, 3.8) is 0 Å². The Kier molecular flexibility index (Phi) is 7.18. The molecule has 9 aromatic carbocycles. The van der Waals surface area contributed by atoms with Crippen molar-refractivity contribution in [2.75, 3.05) is 4.90 Å². The molecule has 52 heavy (non-hydrogen) atoms. The van der Waals surface area contributed by atoms with Crippen molar-refractivity contribution in [2.24, 2.45) is 0 Å². The van der Waals surface area contributed by atoms with E-state index in [9.17, 15) is 0 Å². The van der Waals surface area contributed by atoms with E-state index in [4.69, 9.17) is 4.42 Å². The van der Waals surface area contributed by atoms with Crippen LogP contribution in [0.5, 0.6) is 0 Å². The zero-order valence-electron chi connectivity index (χ0n) is 28.4. The molecule has 0 amide bonds. The summed E-state index contributed by atoms with van der Waals surface area (Å²) >= 11 is 0. The summed E-state index contributed by atoms with van der Waals surface area (Å²) in [6, 6.07) is 71.6. The van der Waals surface area contributed by atoms with Crippen LogP contribution in [0, 0.1) is 0 Å². The summed E-state index contributed by atoms with van der Waals surface area (Å²) in [4.78, 5) is 2.42. The number of hydrogen-bond donors (Lipinski definition) is 0. The molecule has 2 nitrogen and oxygen atoms in total. The lowest BCUT2D eigenvalue weighted by atomic mass is 9.90. The maximum Gasteiger partial charge on any atom is 0.143 e. The lowest BCUT2D eigenvalue weighted by Gasteiger charge is -2.29. The van der Waals surface area contributed by atoms with Gasteiger partial charge >= 0.3 is 0 Å². The molecule has 0 radical (unpaired) electrons. The molecule has 10 aromatic rings. The third-order valence-electron chi connectivity index (χ3n) is 10.2. The van der Waals surface area contributed by atoms with Crippen LogP contribution in [0.2, 0.25) is 0 Å². The number of furan rings is 1. The van der Waals surface area contributed by atoms with Crippen molar-refractivity contribution in [2.45, 2.75) is 0 Å². The fraction of sp³-hybridized carbons (Fsp3) is 0. The number of para-hydroxylation sites is 1. The van der Waals surface area contributed by atoms with Crippen molar-refractivity contribution < 1.29 is 4.42 Å². The highest BCUT2D eigenvalue weighted by Gasteiger charge is 2.24. The smallest absolute Gasteiger partial charge is 0.143 e. The van der Waals surface area contributed by atoms with Crippen LogP contribution >= 0.6 is 0 Å². The van der Waals surface area contributed by atoms with Gasteiger partial charge in [0.2, 0.25) is 0 Å². The van der Waals surface area contributed by atoms with E-state index in [0.717, 1.165) is 50.0 Å². The van der Waals surface area contributed by atoms with Crippen LogP contribution in [0.25, 0.3) is 76.9 Å². The molecule has 1 aromatic heterocycles. The number of hydrogen-bond acceptors (Lipinski definition) is 2. The molecule has 10 rings (SSSR count). The monoisotopic (exact) mass is 663 g/mol. The molecule has 2 heteroatoms. The van der Waals surface area contributed by atoms with Crippen molar-refractivity contribution >= 4 is 60.5 Å². The zero-order valence-corrected chi connectivity index (χ0v) is 28.4. The fourth-order valence-electron chi connectivity index (χ4n) is 7.88. The number of rotatable bonds is 6. The second kappa shape index (κ2) is 12.5. The molecule has 0 fully saturated rings. The molecule has 0 aliphatic rings. The minimum Gasteiger partial charge on any atom is -0.455 e. The molecular weight excluding hydrogens is 631 g/mol. The van der Waals surface area contributed by atoms with Crippen molar-refractivity contribution in [3.8, 4) is 33.4 Å². The Labute approximate surface area is 302 Å². The van der Waals surface area contributed by atoms with Gasteiger partial charge < -0.3 is 9.32 Å². The Hall–Kier alpha value is -6.90. The fourth-order valence-corrected chi connectivity index (χ4v) is 7.88. The molecule has 0 saturated carbocycles. The third-order valence-corrected chi connectivity index (χ3v) is 10.2.